The highest BCUT2D eigenvalue weighted by Gasteiger charge is 2.32. The third kappa shape index (κ3) is 2.86. The summed E-state index contributed by atoms with van der Waals surface area (Å²) < 4.78 is -0.717. The second-order valence-corrected chi connectivity index (χ2v) is 4.57. The van der Waals surface area contributed by atoms with E-state index in [0.29, 0.717) is 18.4 Å². The van der Waals surface area contributed by atoms with E-state index in [4.69, 9.17) is 0 Å². The zero-order chi connectivity index (χ0) is 12.0. The number of rotatable bonds is 6. The fourth-order valence-electron chi connectivity index (χ4n) is 1.60. The Balaban J connectivity index is 3.00. The summed E-state index contributed by atoms with van der Waals surface area (Å²) in [6.07, 6.45) is 4.51. The molecule has 0 aliphatic heterocycles. The highest BCUT2D eigenvalue weighted by atomic mass is 32.1. The zero-order valence-corrected chi connectivity index (χ0v) is 10.1. The summed E-state index contributed by atoms with van der Waals surface area (Å²) in [5, 5.41) is 0. The Morgan fingerprint density at radius 2 is 1.69 bits per heavy atom. The van der Waals surface area contributed by atoms with E-state index in [2.05, 4.69) is 25.8 Å². The average Bonchev–Trinajstić information content (AvgIpc) is 2.30. The monoisotopic (exact) mass is 232 g/mol. The third-order valence-electron chi connectivity index (χ3n) is 2.42. The number of allylic oxidation sites excluding steroid dienone is 2. The molecule has 0 unspecified atom stereocenters. The second-order valence-electron chi connectivity index (χ2n) is 3.71. The van der Waals surface area contributed by atoms with Crippen molar-refractivity contribution in [1.29, 1.82) is 0 Å². The molecule has 1 aromatic carbocycles. The largest absolute Gasteiger partial charge is 0.293 e. The van der Waals surface area contributed by atoms with Gasteiger partial charge < -0.3 is 0 Å². The van der Waals surface area contributed by atoms with Crippen molar-refractivity contribution in [1.82, 2.24) is 0 Å². The fourth-order valence-corrected chi connectivity index (χ4v) is 1.99. The Kier molecular flexibility index (Phi) is 4.56. The summed E-state index contributed by atoms with van der Waals surface area (Å²) in [5.41, 5.74) is 0.682. The molecule has 0 saturated heterocycles. The normalized spacial score (nSPS) is 10.8. The van der Waals surface area contributed by atoms with Crippen molar-refractivity contribution in [2.45, 2.75) is 17.6 Å². The van der Waals surface area contributed by atoms with E-state index in [0.717, 1.165) is 0 Å². The average molecular weight is 232 g/mol. The number of benzene rings is 1. The van der Waals surface area contributed by atoms with Gasteiger partial charge in [0.1, 0.15) is 0 Å². The molecule has 2 heteroatoms. The topological polar surface area (TPSA) is 17.1 Å². The first-order valence-electron chi connectivity index (χ1n) is 5.18. The van der Waals surface area contributed by atoms with Crippen LogP contribution in [0.5, 0.6) is 0 Å². The van der Waals surface area contributed by atoms with Gasteiger partial charge >= 0.3 is 0 Å². The van der Waals surface area contributed by atoms with Gasteiger partial charge in [0.2, 0.25) is 0 Å². The summed E-state index contributed by atoms with van der Waals surface area (Å²) in [6, 6.07) is 9.20. The van der Waals surface area contributed by atoms with E-state index in [1.165, 1.54) is 0 Å². The molecule has 0 aromatic heterocycles. The molecule has 0 aliphatic rings. The Bertz CT molecular complexity index is 371. The standard InChI is InChI=1S/C14H16OS/c1-3-10-14(16,11-4-2)13(15)12-8-6-5-7-9-12/h3-9,16H,1-2,10-11H2. The van der Waals surface area contributed by atoms with Crippen molar-refractivity contribution in [3.8, 4) is 0 Å². The Morgan fingerprint density at radius 1 is 1.19 bits per heavy atom. The van der Waals surface area contributed by atoms with Gasteiger partial charge in [0.05, 0.1) is 4.75 Å². The van der Waals surface area contributed by atoms with Crippen LogP contribution in [-0.2, 0) is 0 Å². The van der Waals surface area contributed by atoms with Gasteiger partial charge in [0.25, 0.3) is 0 Å². The van der Waals surface area contributed by atoms with Crippen molar-refractivity contribution in [3.05, 3.63) is 61.2 Å². The lowest BCUT2D eigenvalue weighted by Gasteiger charge is -2.24. The molecule has 0 heterocycles. The molecule has 16 heavy (non-hydrogen) atoms. The van der Waals surface area contributed by atoms with Crippen LogP contribution in [0.4, 0.5) is 0 Å². The predicted octanol–water partition coefficient (Wildman–Crippen LogP) is 3.69. The van der Waals surface area contributed by atoms with Crippen LogP contribution in [0.15, 0.2) is 55.6 Å². The molecule has 0 saturated carbocycles. The Hall–Kier alpha value is -1.28. The van der Waals surface area contributed by atoms with Gasteiger partial charge in [-0.15, -0.1) is 13.2 Å². The SMILES string of the molecule is C=CCC(S)(CC=C)C(=O)c1ccccc1. The summed E-state index contributed by atoms with van der Waals surface area (Å²) >= 11 is 4.49. The molecule has 0 aliphatic carbocycles. The summed E-state index contributed by atoms with van der Waals surface area (Å²) in [4.78, 5) is 12.3. The van der Waals surface area contributed by atoms with Crippen LogP contribution in [0, 0.1) is 0 Å². The molecule has 0 spiro atoms. The highest BCUT2D eigenvalue weighted by Crippen LogP contribution is 2.29. The minimum Gasteiger partial charge on any atom is -0.293 e. The number of hydrogen-bond donors (Lipinski definition) is 1. The van der Waals surface area contributed by atoms with Crippen molar-refractivity contribution in [2.24, 2.45) is 0 Å². The lowest BCUT2D eigenvalue weighted by atomic mass is 9.90. The fraction of sp³-hybridized carbons (Fsp3) is 0.214. The molecular weight excluding hydrogens is 216 g/mol. The first-order valence-corrected chi connectivity index (χ1v) is 5.63. The molecule has 1 rings (SSSR count). The van der Waals surface area contributed by atoms with Crippen molar-refractivity contribution >= 4 is 18.4 Å². The number of Topliss-reactive ketones (excluding diaryl/α,β-unsaturated/α-hetero) is 1. The number of hydrogen-bond acceptors (Lipinski definition) is 2. The Morgan fingerprint density at radius 3 is 2.12 bits per heavy atom. The molecule has 0 bridgehead atoms. The summed E-state index contributed by atoms with van der Waals surface area (Å²) in [7, 11) is 0. The second kappa shape index (κ2) is 5.71. The van der Waals surface area contributed by atoms with Crippen molar-refractivity contribution < 1.29 is 4.79 Å². The predicted molar refractivity (Wildman–Crippen MR) is 72.1 cm³/mol. The molecule has 0 atom stereocenters. The maximum Gasteiger partial charge on any atom is 0.179 e. The van der Waals surface area contributed by atoms with E-state index >= 15 is 0 Å². The van der Waals surface area contributed by atoms with Crippen LogP contribution in [0.1, 0.15) is 23.2 Å². The minimum absolute atomic E-state index is 0.0243. The molecule has 0 N–H and O–H groups in total. The smallest absolute Gasteiger partial charge is 0.179 e. The van der Waals surface area contributed by atoms with Gasteiger partial charge in [-0.2, -0.15) is 12.6 Å². The van der Waals surface area contributed by atoms with E-state index < -0.39 is 4.75 Å². The number of ketones is 1. The first kappa shape index (κ1) is 12.8. The molecule has 1 aromatic rings. The minimum atomic E-state index is -0.717. The quantitative estimate of drug-likeness (QED) is 0.450. The third-order valence-corrected chi connectivity index (χ3v) is 2.99. The highest BCUT2D eigenvalue weighted by molar-refractivity contribution is 7.82. The maximum absolute atomic E-state index is 12.3. The van der Waals surface area contributed by atoms with E-state index in [-0.39, 0.29) is 5.78 Å². The van der Waals surface area contributed by atoms with Crippen molar-refractivity contribution in [2.75, 3.05) is 0 Å². The van der Waals surface area contributed by atoms with Gasteiger partial charge in [-0.25, -0.2) is 0 Å². The van der Waals surface area contributed by atoms with Crippen LogP contribution < -0.4 is 0 Å². The van der Waals surface area contributed by atoms with Gasteiger partial charge in [0.15, 0.2) is 5.78 Å². The van der Waals surface area contributed by atoms with Crippen LogP contribution in [-0.4, -0.2) is 10.5 Å². The molecule has 84 valence electrons. The molecule has 0 amide bonds. The number of carbonyl (C=O) groups excluding carboxylic acids is 1. The summed E-state index contributed by atoms with van der Waals surface area (Å²) in [6.45, 7) is 7.34. The van der Waals surface area contributed by atoms with Crippen molar-refractivity contribution in [3.63, 3.8) is 0 Å². The van der Waals surface area contributed by atoms with Gasteiger partial charge in [-0.3, -0.25) is 4.79 Å². The van der Waals surface area contributed by atoms with E-state index in [1.807, 2.05) is 18.2 Å². The molecular formula is C14H16OS. The van der Waals surface area contributed by atoms with E-state index in [1.54, 1.807) is 24.3 Å². The maximum atomic E-state index is 12.3. The number of thiol groups is 1. The van der Waals surface area contributed by atoms with Gasteiger partial charge in [-0.05, 0) is 12.8 Å². The van der Waals surface area contributed by atoms with E-state index in [9.17, 15) is 4.79 Å². The lowest BCUT2D eigenvalue weighted by molar-refractivity contribution is 0.0945. The molecule has 0 radical (unpaired) electrons. The van der Waals surface area contributed by atoms with Crippen LogP contribution in [0.3, 0.4) is 0 Å². The summed E-state index contributed by atoms with van der Waals surface area (Å²) in [5.74, 6) is 0.0243. The van der Waals surface area contributed by atoms with Crippen LogP contribution in [0.25, 0.3) is 0 Å². The van der Waals surface area contributed by atoms with Gasteiger partial charge in [0, 0.05) is 5.56 Å². The zero-order valence-electron chi connectivity index (χ0n) is 9.23. The van der Waals surface area contributed by atoms with Crippen LogP contribution in [0.2, 0.25) is 0 Å². The Labute approximate surface area is 102 Å². The number of carbonyl (C=O) groups is 1. The van der Waals surface area contributed by atoms with Gasteiger partial charge in [-0.1, -0.05) is 42.5 Å². The molecule has 1 nitrogen and oxygen atoms in total. The first-order chi connectivity index (χ1) is 7.64. The van der Waals surface area contributed by atoms with Crippen LogP contribution >= 0.6 is 12.6 Å². The lowest BCUT2D eigenvalue weighted by Crippen LogP contribution is -2.31. The molecule has 0 fully saturated rings.